The smallest absolute Gasteiger partial charge is 0.262 e. The predicted molar refractivity (Wildman–Crippen MR) is 154 cm³/mol. The molecule has 0 aliphatic heterocycles. The number of halogens is 2. The summed E-state index contributed by atoms with van der Waals surface area (Å²) in [4.78, 5) is 49.8. The van der Waals surface area contributed by atoms with Gasteiger partial charge < -0.3 is 26.0 Å². The van der Waals surface area contributed by atoms with Crippen molar-refractivity contribution in [2.45, 2.75) is 44.4 Å². The van der Waals surface area contributed by atoms with Crippen molar-refractivity contribution in [1.82, 2.24) is 20.3 Å². The van der Waals surface area contributed by atoms with Gasteiger partial charge in [0.15, 0.2) is 0 Å². The normalized spacial score (nSPS) is 16.9. The summed E-state index contributed by atoms with van der Waals surface area (Å²) < 4.78 is 0. The largest absolute Gasteiger partial charge is 0.393 e. The number of carbonyl (C=O) groups is 2. The van der Waals surface area contributed by atoms with Crippen LogP contribution >= 0.6 is 23.2 Å². The number of benzene rings is 2. The highest BCUT2D eigenvalue weighted by Gasteiger charge is 2.21. The van der Waals surface area contributed by atoms with E-state index in [1.807, 2.05) is 6.07 Å². The number of aliphatic hydroxyl groups excluding tert-OH is 1. The van der Waals surface area contributed by atoms with Crippen LogP contribution < -0.4 is 21.5 Å². The minimum Gasteiger partial charge on any atom is -0.393 e. The molecule has 12 heteroatoms. The fraction of sp³-hybridized carbons (Fsp3) is 0.250. The molecule has 1 fully saturated rings. The van der Waals surface area contributed by atoms with Gasteiger partial charge in [0.1, 0.15) is 11.2 Å². The van der Waals surface area contributed by atoms with E-state index in [0.29, 0.717) is 29.2 Å². The summed E-state index contributed by atoms with van der Waals surface area (Å²) >= 11 is 12.3. The van der Waals surface area contributed by atoms with Gasteiger partial charge in [-0.2, -0.15) is 4.98 Å². The first-order valence-corrected chi connectivity index (χ1v) is 13.5. The molecule has 1 saturated carbocycles. The molecule has 0 unspecified atom stereocenters. The van der Waals surface area contributed by atoms with Gasteiger partial charge in [-0.25, -0.2) is 4.98 Å². The summed E-state index contributed by atoms with van der Waals surface area (Å²) in [6.07, 6.45) is 4.26. The zero-order valence-electron chi connectivity index (χ0n) is 21.2. The highest BCUT2D eigenvalue weighted by molar-refractivity contribution is 6.34. The van der Waals surface area contributed by atoms with E-state index < -0.39 is 11.5 Å². The average molecular weight is 581 g/mol. The second kappa shape index (κ2) is 12.0. The molecule has 5 N–H and O–H groups in total. The van der Waals surface area contributed by atoms with Gasteiger partial charge >= 0.3 is 0 Å². The minimum absolute atomic E-state index is 0.136. The Balaban J connectivity index is 1.28. The third-order valence-corrected chi connectivity index (χ3v) is 7.25. The predicted octanol–water partition coefficient (Wildman–Crippen LogP) is 4.52. The van der Waals surface area contributed by atoms with Crippen molar-refractivity contribution in [3.63, 3.8) is 0 Å². The van der Waals surface area contributed by atoms with Gasteiger partial charge in [0, 0.05) is 34.8 Å². The van der Waals surface area contributed by atoms with E-state index in [1.165, 1.54) is 30.5 Å². The van der Waals surface area contributed by atoms with Gasteiger partial charge in [0.25, 0.3) is 17.4 Å². The van der Waals surface area contributed by atoms with Crippen LogP contribution in [-0.4, -0.2) is 44.0 Å². The maximum absolute atomic E-state index is 13.0. The van der Waals surface area contributed by atoms with Crippen LogP contribution in [0.2, 0.25) is 10.0 Å². The number of aromatic amines is 1. The highest BCUT2D eigenvalue weighted by Crippen LogP contribution is 2.25. The summed E-state index contributed by atoms with van der Waals surface area (Å²) in [7, 11) is 0. The fourth-order valence-corrected chi connectivity index (χ4v) is 4.89. The van der Waals surface area contributed by atoms with Gasteiger partial charge in [0.05, 0.1) is 16.8 Å². The third kappa shape index (κ3) is 6.59. The molecule has 4 aromatic rings. The van der Waals surface area contributed by atoms with Gasteiger partial charge in [-0.1, -0.05) is 35.3 Å². The van der Waals surface area contributed by atoms with Crippen molar-refractivity contribution in [2.24, 2.45) is 0 Å². The topological polar surface area (TPSA) is 149 Å². The van der Waals surface area contributed by atoms with Gasteiger partial charge in [-0.15, -0.1) is 0 Å². The summed E-state index contributed by atoms with van der Waals surface area (Å²) in [6, 6.07) is 13.1. The van der Waals surface area contributed by atoms with Crippen molar-refractivity contribution < 1.29 is 14.7 Å². The molecule has 0 bridgehead atoms. The second-order valence-electron chi connectivity index (χ2n) is 9.62. The lowest BCUT2D eigenvalue weighted by atomic mass is 9.93. The van der Waals surface area contributed by atoms with E-state index in [4.69, 9.17) is 23.2 Å². The number of aliphatic hydroxyl groups is 1. The number of carbonyl (C=O) groups excluding carboxylic acids is 2. The standard InChI is InChI=1S/C28H26Cl2N6O4/c29-18-3-1-2-15(10-18)13-31-25(38)16-4-9-22(30)23(12-16)34-26(39)21-11-17-14-32-28(36-24(17)35-27(21)40)33-19-5-7-20(37)8-6-19/h1-4,9-12,14,19-20,37H,5-8,13H2,(H,31,38)(H,34,39)(H2,32,33,35,36,40)/t19-,20-. The van der Waals surface area contributed by atoms with Gasteiger partial charge in [-0.05, 0) is 67.6 Å². The number of hydrogen-bond acceptors (Lipinski definition) is 7. The molecule has 1 aliphatic carbocycles. The first kappa shape index (κ1) is 27.6. The van der Waals surface area contributed by atoms with Crippen molar-refractivity contribution in [1.29, 1.82) is 0 Å². The molecule has 0 spiro atoms. The molecule has 2 aromatic heterocycles. The summed E-state index contributed by atoms with van der Waals surface area (Å²) in [5, 5.41) is 19.6. The number of fused-ring (bicyclic) bond motifs is 1. The zero-order valence-corrected chi connectivity index (χ0v) is 22.7. The number of aromatic nitrogens is 3. The van der Waals surface area contributed by atoms with Crippen LogP contribution in [0.15, 0.2) is 59.5 Å². The number of H-pyrrole nitrogens is 1. The SMILES string of the molecule is O=C(NCc1cccc(Cl)c1)c1ccc(Cl)c(NC(=O)c2cc3cnc(N[C@H]4CC[C@H](O)CC4)nc3[nH]c2=O)c1. The molecule has 5 rings (SSSR count). The molecule has 206 valence electrons. The zero-order chi connectivity index (χ0) is 28.2. The number of nitrogens with one attached hydrogen (secondary N) is 4. The van der Waals surface area contributed by atoms with Crippen LogP contribution in [0.4, 0.5) is 11.6 Å². The number of nitrogens with zero attached hydrogens (tertiary/aromatic N) is 2. The van der Waals surface area contributed by atoms with Crippen molar-refractivity contribution in [2.75, 3.05) is 10.6 Å². The van der Waals surface area contributed by atoms with Crippen LogP contribution in [0.1, 0.15) is 52.0 Å². The fourth-order valence-electron chi connectivity index (χ4n) is 4.52. The Labute approximate surface area is 239 Å². The van der Waals surface area contributed by atoms with E-state index in [9.17, 15) is 19.5 Å². The lowest BCUT2D eigenvalue weighted by molar-refractivity contribution is 0.0949. The number of amides is 2. The summed E-state index contributed by atoms with van der Waals surface area (Å²) in [6.45, 7) is 0.263. The van der Waals surface area contributed by atoms with Crippen LogP contribution in [0.25, 0.3) is 11.0 Å². The van der Waals surface area contributed by atoms with Crippen LogP contribution in [0, 0.1) is 0 Å². The molecule has 2 amide bonds. The lowest BCUT2D eigenvalue weighted by Crippen LogP contribution is -2.29. The molecular formula is C28H26Cl2N6O4. The van der Waals surface area contributed by atoms with E-state index in [0.717, 1.165) is 18.4 Å². The quantitative estimate of drug-likeness (QED) is 0.215. The first-order valence-electron chi connectivity index (χ1n) is 12.7. The Kier molecular flexibility index (Phi) is 8.29. The first-order chi connectivity index (χ1) is 19.2. The van der Waals surface area contributed by atoms with E-state index in [-0.39, 0.29) is 52.1 Å². The Hall–Kier alpha value is -3.99. The molecule has 2 aromatic carbocycles. The minimum atomic E-state index is -0.704. The van der Waals surface area contributed by atoms with E-state index in [1.54, 1.807) is 18.2 Å². The van der Waals surface area contributed by atoms with E-state index in [2.05, 4.69) is 30.9 Å². The Morgan fingerprint density at radius 3 is 2.60 bits per heavy atom. The Bertz CT molecular complexity index is 1640. The molecule has 1 aliphatic rings. The molecule has 0 radical (unpaired) electrons. The number of pyridine rings is 1. The molecular weight excluding hydrogens is 555 g/mol. The lowest BCUT2D eigenvalue weighted by Gasteiger charge is -2.26. The Morgan fingerprint density at radius 2 is 1.82 bits per heavy atom. The summed E-state index contributed by atoms with van der Waals surface area (Å²) in [5.41, 5.74) is 0.767. The van der Waals surface area contributed by atoms with Gasteiger partial charge in [0.2, 0.25) is 5.95 Å². The number of rotatable bonds is 7. The van der Waals surface area contributed by atoms with Crippen molar-refractivity contribution >= 4 is 57.7 Å². The van der Waals surface area contributed by atoms with Gasteiger partial charge in [-0.3, -0.25) is 14.4 Å². The second-order valence-corrected chi connectivity index (χ2v) is 10.5. The highest BCUT2D eigenvalue weighted by atomic mass is 35.5. The molecule has 2 heterocycles. The number of hydrogen-bond donors (Lipinski definition) is 5. The maximum atomic E-state index is 13.0. The molecule has 10 nitrogen and oxygen atoms in total. The van der Waals surface area contributed by atoms with E-state index >= 15 is 0 Å². The monoisotopic (exact) mass is 580 g/mol. The maximum Gasteiger partial charge on any atom is 0.262 e. The number of anilines is 2. The average Bonchev–Trinajstić information content (AvgIpc) is 2.93. The third-order valence-electron chi connectivity index (χ3n) is 6.69. The molecule has 0 atom stereocenters. The van der Waals surface area contributed by atoms with Crippen molar-refractivity contribution in [3.05, 3.63) is 91.8 Å². The molecule has 0 saturated heterocycles. The van der Waals surface area contributed by atoms with Crippen LogP contribution in [0.3, 0.4) is 0 Å². The Morgan fingerprint density at radius 1 is 1.02 bits per heavy atom. The summed E-state index contributed by atoms with van der Waals surface area (Å²) in [5.74, 6) is -0.717. The van der Waals surface area contributed by atoms with Crippen molar-refractivity contribution in [3.8, 4) is 0 Å². The molecule has 40 heavy (non-hydrogen) atoms. The van der Waals surface area contributed by atoms with Crippen LogP contribution in [0.5, 0.6) is 0 Å². The van der Waals surface area contributed by atoms with Crippen LogP contribution in [-0.2, 0) is 6.54 Å².